The second kappa shape index (κ2) is 6.66. The number of hydrogen-bond acceptors (Lipinski definition) is 3. The van der Waals surface area contributed by atoms with E-state index in [-0.39, 0.29) is 28.9 Å². The van der Waals surface area contributed by atoms with E-state index in [1.165, 1.54) is 19.3 Å². The molecule has 5 nitrogen and oxygen atoms in total. The summed E-state index contributed by atoms with van der Waals surface area (Å²) in [4.78, 5) is 23.9. The van der Waals surface area contributed by atoms with Gasteiger partial charge in [-0.2, -0.15) is 0 Å². The molecule has 2 aliphatic carbocycles. The van der Waals surface area contributed by atoms with Crippen LogP contribution in [-0.4, -0.2) is 35.2 Å². The van der Waals surface area contributed by atoms with Crippen molar-refractivity contribution < 1.29 is 19.4 Å². The molecule has 1 atom stereocenters. The maximum Gasteiger partial charge on any atom is 0.306 e. The van der Waals surface area contributed by atoms with Crippen molar-refractivity contribution in [3.05, 3.63) is 0 Å². The van der Waals surface area contributed by atoms with Crippen molar-refractivity contribution in [2.45, 2.75) is 83.3 Å². The first-order valence-electron chi connectivity index (χ1n) is 9.50. The van der Waals surface area contributed by atoms with E-state index < -0.39 is 5.97 Å². The number of carbonyl (C=O) groups is 2. The van der Waals surface area contributed by atoms with Gasteiger partial charge < -0.3 is 15.2 Å². The molecule has 0 aromatic rings. The zero-order valence-corrected chi connectivity index (χ0v) is 15.0. The Morgan fingerprint density at radius 1 is 1.08 bits per heavy atom. The van der Waals surface area contributed by atoms with Crippen LogP contribution in [-0.2, 0) is 14.3 Å². The molecule has 1 unspecified atom stereocenters. The van der Waals surface area contributed by atoms with Crippen molar-refractivity contribution in [2.75, 3.05) is 6.61 Å². The van der Waals surface area contributed by atoms with Gasteiger partial charge in [0.1, 0.15) is 0 Å². The first-order chi connectivity index (χ1) is 11.3. The van der Waals surface area contributed by atoms with E-state index in [1.807, 2.05) is 0 Å². The number of amides is 1. The molecule has 1 aliphatic heterocycles. The third-order valence-corrected chi connectivity index (χ3v) is 6.63. The van der Waals surface area contributed by atoms with Gasteiger partial charge in [0.2, 0.25) is 5.91 Å². The van der Waals surface area contributed by atoms with Gasteiger partial charge in [-0.1, -0.05) is 33.1 Å². The zero-order valence-electron chi connectivity index (χ0n) is 15.0. The van der Waals surface area contributed by atoms with Crippen LogP contribution in [0.4, 0.5) is 0 Å². The molecule has 2 saturated carbocycles. The second-order valence-electron chi connectivity index (χ2n) is 8.69. The number of rotatable bonds is 4. The minimum absolute atomic E-state index is 0.115. The summed E-state index contributed by atoms with van der Waals surface area (Å²) in [5.41, 5.74) is -0.636. The van der Waals surface area contributed by atoms with Gasteiger partial charge in [-0.05, 0) is 44.4 Å². The van der Waals surface area contributed by atoms with Crippen molar-refractivity contribution in [1.82, 2.24) is 5.32 Å². The first-order valence-corrected chi connectivity index (χ1v) is 9.50. The normalized spacial score (nSPS) is 34.6. The lowest BCUT2D eigenvalue weighted by atomic mass is 9.66. The molecule has 1 amide bonds. The van der Waals surface area contributed by atoms with Crippen molar-refractivity contribution in [3.8, 4) is 0 Å². The third kappa shape index (κ3) is 3.46. The van der Waals surface area contributed by atoms with Gasteiger partial charge in [-0.25, -0.2) is 0 Å². The Bertz CT molecular complexity index is 490. The van der Waals surface area contributed by atoms with Crippen LogP contribution in [0.2, 0.25) is 0 Å². The monoisotopic (exact) mass is 337 g/mol. The molecule has 5 heteroatoms. The van der Waals surface area contributed by atoms with E-state index in [0.29, 0.717) is 25.4 Å². The quantitative estimate of drug-likeness (QED) is 0.826. The number of hydrogen-bond donors (Lipinski definition) is 2. The minimum atomic E-state index is -0.728. The molecule has 0 aromatic carbocycles. The Morgan fingerprint density at radius 3 is 2.38 bits per heavy atom. The Hall–Kier alpha value is -1.10. The number of nitrogens with one attached hydrogen (secondary N) is 1. The average molecular weight is 337 g/mol. The van der Waals surface area contributed by atoms with Gasteiger partial charge in [0.05, 0.1) is 11.5 Å². The number of carbonyl (C=O) groups excluding carboxylic acids is 1. The fourth-order valence-electron chi connectivity index (χ4n) is 4.83. The highest BCUT2D eigenvalue weighted by Crippen LogP contribution is 2.47. The van der Waals surface area contributed by atoms with Crippen LogP contribution in [0.3, 0.4) is 0 Å². The van der Waals surface area contributed by atoms with Crippen molar-refractivity contribution >= 4 is 11.9 Å². The Kier molecular flexibility index (Phi) is 4.92. The molecule has 24 heavy (non-hydrogen) atoms. The molecule has 2 N–H and O–H groups in total. The fourth-order valence-corrected chi connectivity index (χ4v) is 4.83. The van der Waals surface area contributed by atoms with Gasteiger partial charge in [-0.15, -0.1) is 0 Å². The third-order valence-electron chi connectivity index (χ3n) is 6.63. The number of carboxylic acids is 1. The Morgan fingerprint density at radius 2 is 1.75 bits per heavy atom. The van der Waals surface area contributed by atoms with Gasteiger partial charge in [0, 0.05) is 18.1 Å². The van der Waals surface area contributed by atoms with Crippen LogP contribution in [0.5, 0.6) is 0 Å². The summed E-state index contributed by atoms with van der Waals surface area (Å²) in [6.45, 7) is 4.77. The summed E-state index contributed by atoms with van der Waals surface area (Å²) in [6.07, 6.45) is 8.81. The summed E-state index contributed by atoms with van der Waals surface area (Å²) in [5, 5.41) is 12.3. The maximum atomic E-state index is 12.9. The standard InChI is InChI=1S/C19H31NO4/c1-18(2,14-6-4-3-5-7-14)17(23)20-15-8-9-24-19(12-15)10-13(11-19)16(21)22/h13-15H,3-12H2,1-2H3,(H,20,23)(H,21,22). The summed E-state index contributed by atoms with van der Waals surface area (Å²) < 4.78 is 5.88. The highest BCUT2D eigenvalue weighted by molar-refractivity contribution is 5.82. The topological polar surface area (TPSA) is 75.6 Å². The number of aliphatic carboxylic acids is 1. The summed E-state index contributed by atoms with van der Waals surface area (Å²) in [7, 11) is 0. The molecule has 1 heterocycles. The Balaban J connectivity index is 1.55. The van der Waals surface area contributed by atoms with Crippen LogP contribution >= 0.6 is 0 Å². The zero-order chi connectivity index (χ0) is 17.4. The Labute approximate surface area is 144 Å². The van der Waals surface area contributed by atoms with Crippen LogP contribution in [0.25, 0.3) is 0 Å². The molecule has 1 saturated heterocycles. The molecule has 0 bridgehead atoms. The lowest BCUT2D eigenvalue weighted by Crippen LogP contribution is -2.57. The van der Waals surface area contributed by atoms with Crippen molar-refractivity contribution in [2.24, 2.45) is 17.3 Å². The molecule has 0 aromatic heterocycles. The van der Waals surface area contributed by atoms with Crippen LogP contribution in [0.15, 0.2) is 0 Å². The summed E-state index contributed by atoms with van der Waals surface area (Å²) in [6, 6.07) is 0.115. The number of ether oxygens (including phenoxy) is 1. The molecular formula is C19H31NO4. The largest absolute Gasteiger partial charge is 0.481 e. The number of carboxylic acid groups (broad SMARTS) is 1. The minimum Gasteiger partial charge on any atom is -0.481 e. The maximum absolute atomic E-state index is 12.9. The molecule has 1 spiro atoms. The highest BCUT2D eigenvalue weighted by atomic mass is 16.5. The predicted molar refractivity (Wildman–Crippen MR) is 90.6 cm³/mol. The lowest BCUT2D eigenvalue weighted by Gasteiger charge is -2.50. The summed E-state index contributed by atoms with van der Waals surface area (Å²) in [5.74, 6) is -0.377. The SMILES string of the molecule is CC(C)(C(=O)NC1CCOC2(C1)CC(C(=O)O)C2)C1CCCCC1. The van der Waals surface area contributed by atoms with Gasteiger partial charge in [0.15, 0.2) is 0 Å². The smallest absolute Gasteiger partial charge is 0.306 e. The van der Waals surface area contributed by atoms with Crippen LogP contribution < -0.4 is 5.32 Å². The lowest BCUT2D eigenvalue weighted by molar-refractivity contribution is -0.182. The van der Waals surface area contributed by atoms with E-state index in [1.54, 1.807) is 0 Å². The van der Waals surface area contributed by atoms with E-state index in [0.717, 1.165) is 25.7 Å². The van der Waals surface area contributed by atoms with Crippen molar-refractivity contribution in [3.63, 3.8) is 0 Å². The summed E-state index contributed by atoms with van der Waals surface area (Å²) >= 11 is 0. The molecule has 3 fully saturated rings. The fraction of sp³-hybridized carbons (Fsp3) is 0.895. The van der Waals surface area contributed by atoms with Crippen LogP contribution in [0, 0.1) is 17.3 Å². The highest BCUT2D eigenvalue weighted by Gasteiger charge is 2.51. The van der Waals surface area contributed by atoms with Gasteiger partial charge in [-0.3, -0.25) is 9.59 Å². The van der Waals surface area contributed by atoms with Crippen LogP contribution in [0.1, 0.15) is 71.6 Å². The molecule has 3 rings (SSSR count). The predicted octanol–water partition coefficient (Wildman–Crippen LogP) is 3.12. The van der Waals surface area contributed by atoms with Gasteiger partial charge >= 0.3 is 5.97 Å². The van der Waals surface area contributed by atoms with E-state index >= 15 is 0 Å². The van der Waals surface area contributed by atoms with Crippen molar-refractivity contribution in [1.29, 1.82) is 0 Å². The van der Waals surface area contributed by atoms with Gasteiger partial charge in [0.25, 0.3) is 0 Å². The first kappa shape index (κ1) is 17.7. The molecule has 0 radical (unpaired) electrons. The van der Waals surface area contributed by atoms with E-state index in [2.05, 4.69) is 19.2 Å². The van der Waals surface area contributed by atoms with E-state index in [4.69, 9.17) is 9.84 Å². The second-order valence-corrected chi connectivity index (χ2v) is 8.69. The van der Waals surface area contributed by atoms with E-state index in [9.17, 15) is 9.59 Å². The average Bonchev–Trinajstić information content (AvgIpc) is 2.53. The molecule has 3 aliphatic rings. The molecular weight excluding hydrogens is 306 g/mol. The molecule has 136 valence electrons.